The SMILES string of the molecule is Cc1cnn(C[C@@H]2CN(Cc3cc(C#N)ccc3F)CCO2)c1. The fraction of sp³-hybridized carbons (Fsp3) is 0.412. The summed E-state index contributed by atoms with van der Waals surface area (Å²) in [5.41, 5.74) is 2.16. The van der Waals surface area contributed by atoms with Crippen LogP contribution in [0.3, 0.4) is 0 Å². The molecule has 0 bridgehead atoms. The largest absolute Gasteiger partial charge is 0.374 e. The van der Waals surface area contributed by atoms with Gasteiger partial charge >= 0.3 is 0 Å². The second kappa shape index (κ2) is 6.90. The molecule has 0 unspecified atom stereocenters. The molecule has 1 atom stereocenters. The predicted octanol–water partition coefficient (Wildman–Crippen LogP) is 2.10. The standard InChI is InChI=1S/C17H19FN4O/c1-13-8-20-22(9-13)12-16-11-21(4-5-23-16)10-15-6-14(7-19)2-3-17(15)18/h2-3,6,8-9,16H,4-5,10-12H2,1H3/t16-/m0/s1. The molecule has 5 nitrogen and oxygen atoms in total. The van der Waals surface area contributed by atoms with Gasteiger partial charge in [0.15, 0.2) is 0 Å². The van der Waals surface area contributed by atoms with E-state index >= 15 is 0 Å². The van der Waals surface area contributed by atoms with Crippen molar-refractivity contribution in [3.8, 4) is 6.07 Å². The number of hydrogen-bond donors (Lipinski definition) is 0. The Morgan fingerprint density at radius 2 is 2.35 bits per heavy atom. The van der Waals surface area contributed by atoms with Crippen LogP contribution in [0.5, 0.6) is 0 Å². The van der Waals surface area contributed by atoms with Gasteiger partial charge in [-0.3, -0.25) is 9.58 Å². The van der Waals surface area contributed by atoms with E-state index in [4.69, 9.17) is 10.00 Å². The lowest BCUT2D eigenvalue weighted by Crippen LogP contribution is -2.43. The number of aromatic nitrogens is 2. The number of hydrogen-bond acceptors (Lipinski definition) is 4. The van der Waals surface area contributed by atoms with Crippen LogP contribution in [0, 0.1) is 24.1 Å². The number of halogens is 1. The number of rotatable bonds is 4. The molecule has 1 saturated heterocycles. The van der Waals surface area contributed by atoms with Gasteiger partial charge in [0.1, 0.15) is 5.82 Å². The van der Waals surface area contributed by atoms with E-state index < -0.39 is 0 Å². The maximum Gasteiger partial charge on any atom is 0.127 e. The Morgan fingerprint density at radius 1 is 1.48 bits per heavy atom. The van der Waals surface area contributed by atoms with E-state index in [1.807, 2.05) is 24.0 Å². The summed E-state index contributed by atoms with van der Waals surface area (Å²) < 4.78 is 21.6. The maximum atomic E-state index is 13.9. The molecule has 0 radical (unpaired) electrons. The Labute approximate surface area is 134 Å². The zero-order chi connectivity index (χ0) is 16.2. The molecule has 2 heterocycles. The molecular weight excluding hydrogens is 295 g/mol. The van der Waals surface area contributed by atoms with Crippen LogP contribution < -0.4 is 0 Å². The van der Waals surface area contributed by atoms with E-state index in [-0.39, 0.29) is 11.9 Å². The first kappa shape index (κ1) is 15.7. The van der Waals surface area contributed by atoms with Crippen LogP contribution >= 0.6 is 0 Å². The van der Waals surface area contributed by atoms with Gasteiger partial charge in [0.2, 0.25) is 0 Å². The Bertz CT molecular complexity index is 722. The fourth-order valence-electron chi connectivity index (χ4n) is 2.82. The highest BCUT2D eigenvalue weighted by Gasteiger charge is 2.22. The van der Waals surface area contributed by atoms with Crippen molar-refractivity contribution in [1.29, 1.82) is 5.26 Å². The van der Waals surface area contributed by atoms with Crippen molar-refractivity contribution in [3.05, 3.63) is 53.1 Å². The molecule has 0 saturated carbocycles. The molecule has 120 valence electrons. The van der Waals surface area contributed by atoms with Crippen LogP contribution in [0.1, 0.15) is 16.7 Å². The van der Waals surface area contributed by atoms with Gasteiger partial charge in [0.05, 0.1) is 37.1 Å². The van der Waals surface area contributed by atoms with Gasteiger partial charge in [-0.15, -0.1) is 0 Å². The molecule has 23 heavy (non-hydrogen) atoms. The third-order valence-corrected chi connectivity index (χ3v) is 3.94. The highest BCUT2D eigenvalue weighted by molar-refractivity contribution is 5.33. The molecule has 6 heteroatoms. The first-order valence-electron chi connectivity index (χ1n) is 7.65. The minimum Gasteiger partial charge on any atom is -0.374 e. The summed E-state index contributed by atoms with van der Waals surface area (Å²) in [5.74, 6) is -0.269. The molecule has 1 fully saturated rings. The van der Waals surface area contributed by atoms with Gasteiger partial charge in [0, 0.05) is 31.4 Å². The lowest BCUT2D eigenvalue weighted by molar-refractivity contribution is -0.0404. The van der Waals surface area contributed by atoms with Crippen LogP contribution in [-0.2, 0) is 17.8 Å². The number of aryl methyl sites for hydroxylation is 1. The third kappa shape index (κ3) is 3.95. The molecule has 0 spiro atoms. The second-order valence-corrected chi connectivity index (χ2v) is 5.89. The lowest BCUT2D eigenvalue weighted by atomic mass is 10.1. The van der Waals surface area contributed by atoms with Crippen LogP contribution in [0.15, 0.2) is 30.6 Å². The van der Waals surface area contributed by atoms with Crippen molar-refractivity contribution in [2.45, 2.75) is 26.1 Å². The Kier molecular flexibility index (Phi) is 4.70. The summed E-state index contributed by atoms with van der Waals surface area (Å²) in [6.07, 6.45) is 3.84. The zero-order valence-corrected chi connectivity index (χ0v) is 13.1. The van der Waals surface area contributed by atoms with Crippen molar-refractivity contribution in [1.82, 2.24) is 14.7 Å². The maximum absolute atomic E-state index is 13.9. The molecule has 3 rings (SSSR count). The molecule has 0 aliphatic carbocycles. The van der Waals surface area contributed by atoms with Gasteiger partial charge in [0.25, 0.3) is 0 Å². The third-order valence-electron chi connectivity index (χ3n) is 3.94. The summed E-state index contributed by atoms with van der Waals surface area (Å²) in [5, 5.41) is 13.2. The van der Waals surface area contributed by atoms with Gasteiger partial charge in [-0.05, 0) is 30.7 Å². The van der Waals surface area contributed by atoms with Crippen LogP contribution in [0.2, 0.25) is 0 Å². The van der Waals surface area contributed by atoms with E-state index in [2.05, 4.69) is 16.1 Å². The number of nitrogens with zero attached hydrogens (tertiary/aromatic N) is 4. The Morgan fingerprint density at radius 3 is 3.09 bits per heavy atom. The van der Waals surface area contributed by atoms with E-state index in [9.17, 15) is 4.39 Å². The first-order valence-corrected chi connectivity index (χ1v) is 7.65. The fourth-order valence-corrected chi connectivity index (χ4v) is 2.82. The highest BCUT2D eigenvalue weighted by atomic mass is 19.1. The first-order chi connectivity index (χ1) is 11.1. The van der Waals surface area contributed by atoms with E-state index in [1.165, 1.54) is 12.1 Å². The summed E-state index contributed by atoms with van der Waals surface area (Å²) in [6, 6.07) is 6.54. The molecule has 0 amide bonds. The van der Waals surface area contributed by atoms with Crippen molar-refractivity contribution >= 4 is 0 Å². The monoisotopic (exact) mass is 314 g/mol. The van der Waals surface area contributed by atoms with Gasteiger partial charge < -0.3 is 4.74 Å². The number of ether oxygens (including phenoxy) is 1. The topological polar surface area (TPSA) is 54.1 Å². The molecular formula is C17H19FN4O. The highest BCUT2D eigenvalue weighted by Crippen LogP contribution is 2.16. The van der Waals surface area contributed by atoms with Gasteiger partial charge in [-0.2, -0.15) is 10.4 Å². The second-order valence-electron chi connectivity index (χ2n) is 5.89. The summed E-state index contributed by atoms with van der Waals surface area (Å²) in [4.78, 5) is 2.16. The molecule has 1 aromatic heterocycles. The Balaban J connectivity index is 1.63. The zero-order valence-electron chi connectivity index (χ0n) is 13.1. The molecule has 1 aliphatic heterocycles. The minimum atomic E-state index is -0.269. The van der Waals surface area contributed by atoms with Crippen LogP contribution in [0.4, 0.5) is 4.39 Å². The molecule has 1 aromatic carbocycles. The van der Waals surface area contributed by atoms with Crippen LogP contribution in [-0.4, -0.2) is 40.5 Å². The van der Waals surface area contributed by atoms with E-state index in [1.54, 1.807) is 6.07 Å². The minimum absolute atomic E-state index is 0.0326. The van der Waals surface area contributed by atoms with Crippen molar-refractivity contribution in [2.24, 2.45) is 0 Å². The summed E-state index contributed by atoms with van der Waals surface area (Å²) in [6.45, 7) is 5.26. The average molecular weight is 314 g/mol. The Hall–Kier alpha value is -2.23. The number of benzene rings is 1. The number of nitriles is 1. The normalized spacial score (nSPS) is 18.7. The van der Waals surface area contributed by atoms with Crippen LogP contribution in [0.25, 0.3) is 0 Å². The van der Waals surface area contributed by atoms with Gasteiger partial charge in [-0.1, -0.05) is 0 Å². The van der Waals surface area contributed by atoms with E-state index in [0.717, 1.165) is 18.7 Å². The van der Waals surface area contributed by atoms with Gasteiger partial charge in [-0.25, -0.2) is 4.39 Å². The summed E-state index contributed by atoms with van der Waals surface area (Å²) in [7, 11) is 0. The number of morpholine rings is 1. The predicted molar refractivity (Wildman–Crippen MR) is 83.1 cm³/mol. The molecule has 1 aliphatic rings. The van der Waals surface area contributed by atoms with Crippen molar-refractivity contribution < 1.29 is 9.13 Å². The average Bonchev–Trinajstić information content (AvgIpc) is 2.95. The molecule has 2 aromatic rings. The van der Waals surface area contributed by atoms with E-state index in [0.29, 0.717) is 30.8 Å². The van der Waals surface area contributed by atoms with Crippen molar-refractivity contribution in [3.63, 3.8) is 0 Å². The van der Waals surface area contributed by atoms with Crippen molar-refractivity contribution in [2.75, 3.05) is 19.7 Å². The summed E-state index contributed by atoms with van der Waals surface area (Å²) >= 11 is 0. The quantitative estimate of drug-likeness (QED) is 0.867. The lowest BCUT2D eigenvalue weighted by Gasteiger charge is -2.33. The smallest absolute Gasteiger partial charge is 0.127 e. The molecule has 0 N–H and O–H groups in total.